The Kier molecular flexibility index (Phi) is 4.66. The molecule has 0 aliphatic heterocycles. The standard InChI is InChI=1S/C13H14N6O4/c1-7-11(12(20)18-15)10(17-13(14)16-7)6-23-9-4-2-8(3-5-9)19(21)22/h2-5H,6,15H2,1H3,(H,18,20)(H2,14,16,17). The number of nitrogens with zero attached hydrogens (tertiary/aromatic N) is 3. The van der Waals surface area contributed by atoms with Gasteiger partial charge >= 0.3 is 0 Å². The van der Waals surface area contributed by atoms with E-state index >= 15 is 0 Å². The summed E-state index contributed by atoms with van der Waals surface area (Å²) in [4.78, 5) is 29.8. The highest BCUT2D eigenvalue weighted by atomic mass is 16.6. The predicted octanol–water partition coefficient (Wildman–Crippen LogP) is 0.458. The van der Waals surface area contributed by atoms with Gasteiger partial charge in [0.15, 0.2) is 0 Å². The second-order valence-corrected chi connectivity index (χ2v) is 4.50. The second kappa shape index (κ2) is 6.66. The molecule has 1 aromatic carbocycles. The average molecular weight is 318 g/mol. The lowest BCUT2D eigenvalue weighted by molar-refractivity contribution is -0.384. The number of non-ortho nitro benzene ring substituents is 1. The Bertz CT molecular complexity index is 747. The van der Waals surface area contributed by atoms with Crippen molar-refractivity contribution in [1.82, 2.24) is 15.4 Å². The van der Waals surface area contributed by atoms with E-state index in [9.17, 15) is 14.9 Å². The first kappa shape index (κ1) is 16.1. The van der Waals surface area contributed by atoms with Crippen molar-refractivity contribution in [1.29, 1.82) is 0 Å². The highest BCUT2D eigenvalue weighted by Gasteiger charge is 2.18. The lowest BCUT2D eigenvalue weighted by Gasteiger charge is -2.12. The summed E-state index contributed by atoms with van der Waals surface area (Å²) in [6, 6.07) is 5.50. The number of nitrogens with two attached hydrogens (primary N) is 2. The molecule has 2 aromatic rings. The first-order chi connectivity index (χ1) is 10.9. The SMILES string of the molecule is Cc1nc(N)nc(COc2ccc([N+](=O)[O-])cc2)c1C(=O)NN. The summed E-state index contributed by atoms with van der Waals surface area (Å²) in [5.41, 5.74) is 8.33. The number of hydrogen-bond donors (Lipinski definition) is 3. The number of benzene rings is 1. The van der Waals surface area contributed by atoms with Crippen LogP contribution in [0.15, 0.2) is 24.3 Å². The zero-order chi connectivity index (χ0) is 17.0. The molecule has 1 aromatic heterocycles. The summed E-state index contributed by atoms with van der Waals surface area (Å²) in [5, 5.41) is 10.6. The molecule has 0 unspecified atom stereocenters. The molecular formula is C13H14N6O4. The first-order valence-electron chi connectivity index (χ1n) is 6.43. The molecule has 0 aliphatic carbocycles. The average Bonchev–Trinajstić information content (AvgIpc) is 2.52. The molecule has 5 N–H and O–H groups in total. The van der Waals surface area contributed by atoms with Gasteiger partial charge in [-0.1, -0.05) is 0 Å². The summed E-state index contributed by atoms with van der Waals surface area (Å²) < 4.78 is 5.48. The number of hydrazine groups is 1. The summed E-state index contributed by atoms with van der Waals surface area (Å²) >= 11 is 0. The van der Waals surface area contributed by atoms with Crippen molar-refractivity contribution in [2.24, 2.45) is 5.84 Å². The van der Waals surface area contributed by atoms with Crippen LogP contribution < -0.4 is 21.7 Å². The molecule has 2 rings (SSSR count). The molecule has 23 heavy (non-hydrogen) atoms. The van der Waals surface area contributed by atoms with Gasteiger partial charge < -0.3 is 10.5 Å². The van der Waals surface area contributed by atoms with Gasteiger partial charge in [-0.2, -0.15) is 0 Å². The van der Waals surface area contributed by atoms with Crippen molar-refractivity contribution >= 4 is 17.5 Å². The van der Waals surface area contributed by atoms with E-state index in [0.717, 1.165) is 0 Å². The number of aromatic nitrogens is 2. The third kappa shape index (κ3) is 3.68. The number of ether oxygens (including phenoxy) is 1. The van der Waals surface area contributed by atoms with Crippen LogP contribution in [-0.4, -0.2) is 20.8 Å². The molecule has 1 amide bonds. The van der Waals surface area contributed by atoms with Crippen LogP contribution in [0.4, 0.5) is 11.6 Å². The minimum atomic E-state index is -0.565. The number of nitrogen functional groups attached to an aromatic ring is 2. The zero-order valence-electron chi connectivity index (χ0n) is 12.1. The highest BCUT2D eigenvalue weighted by Crippen LogP contribution is 2.19. The Labute approximate surface area is 130 Å². The molecule has 0 radical (unpaired) electrons. The molecule has 1 heterocycles. The fourth-order valence-electron chi connectivity index (χ4n) is 1.94. The lowest BCUT2D eigenvalue weighted by Crippen LogP contribution is -2.32. The monoisotopic (exact) mass is 318 g/mol. The van der Waals surface area contributed by atoms with E-state index in [1.807, 2.05) is 5.43 Å². The van der Waals surface area contributed by atoms with Crippen LogP contribution >= 0.6 is 0 Å². The number of hydrogen-bond acceptors (Lipinski definition) is 8. The maximum absolute atomic E-state index is 11.8. The molecule has 10 heteroatoms. The Morgan fingerprint density at radius 2 is 2.00 bits per heavy atom. The maximum atomic E-state index is 11.8. The first-order valence-corrected chi connectivity index (χ1v) is 6.43. The Morgan fingerprint density at radius 1 is 1.35 bits per heavy atom. The smallest absolute Gasteiger partial charge is 0.269 e. The van der Waals surface area contributed by atoms with Crippen LogP contribution in [0.25, 0.3) is 0 Å². The topological polar surface area (TPSA) is 159 Å². The van der Waals surface area contributed by atoms with Crippen molar-refractivity contribution < 1.29 is 14.5 Å². The molecule has 10 nitrogen and oxygen atoms in total. The van der Waals surface area contributed by atoms with Gasteiger partial charge in [-0.3, -0.25) is 20.3 Å². The lowest BCUT2D eigenvalue weighted by atomic mass is 10.1. The van der Waals surface area contributed by atoms with Gasteiger partial charge in [0.05, 0.1) is 21.9 Å². The molecule has 0 bridgehead atoms. The van der Waals surface area contributed by atoms with Crippen molar-refractivity contribution in [3.8, 4) is 5.75 Å². The summed E-state index contributed by atoms with van der Waals surface area (Å²) in [7, 11) is 0. The van der Waals surface area contributed by atoms with E-state index in [-0.39, 0.29) is 29.5 Å². The number of nitrogens with one attached hydrogen (secondary N) is 1. The number of nitro benzene ring substituents is 1. The Hall–Kier alpha value is -3.27. The van der Waals surface area contributed by atoms with Crippen LogP contribution in [0.2, 0.25) is 0 Å². The van der Waals surface area contributed by atoms with Gasteiger partial charge in [0.25, 0.3) is 11.6 Å². The molecule has 0 saturated carbocycles. The van der Waals surface area contributed by atoms with Crippen molar-refractivity contribution in [2.75, 3.05) is 5.73 Å². The second-order valence-electron chi connectivity index (χ2n) is 4.50. The zero-order valence-corrected chi connectivity index (χ0v) is 12.1. The van der Waals surface area contributed by atoms with Crippen molar-refractivity contribution in [3.63, 3.8) is 0 Å². The van der Waals surface area contributed by atoms with Gasteiger partial charge in [0.2, 0.25) is 5.95 Å². The molecule has 0 spiro atoms. The fraction of sp³-hybridized carbons (Fsp3) is 0.154. The number of carbonyl (C=O) groups excluding carboxylic acids is 1. The number of rotatable bonds is 5. The number of nitro groups is 1. The number of anilines is 1. The van der Waals surface area contributed by atoms with Gasteiger partial charge in [-0.05, 0) is 19.1 Å². The van der Waals surface area contributed by atoms with E-state index in [2.05, 4.69) is 9.97 Å². The molecular weight excluding hydrogens is 304 g/mol. The molecule has 0 atom stereocenters. The van der Waals surface area contributed by atoms with Gasteiger partial charge in [0, 0.05) is 12.1 Å². The van der Waals surface area contributed by atoms with Crippen LogP contribution in [0.5, 0.6) is 5.75 Å². The van der Waals surface area contributed by atoms with E-state index in [4.69, 9.17) is 16.3 Å². The van der Waals surface area contributed by atoms with Crippen molar-refractivity contribution in [3.05, 3.63) is 51.3 Å². The number of aryl methyl sites for hydroxylation is 1. The Balaban J connectivity index is 2.22. The Morgan fingerprint density at radius 3 is 2.57 bits per heavy atom. The normalized spacial score (nSPS) is 10.2. The van der Waals surface area contributed by atoms with E-state index in [0.29, 0.717) is 11.4 Å². The maximum Gasteiger partial charge on any atom is 0.269 e. The largest absolute Gasteiger partial charge is 0.487 e. The third-order valence-electron chi connectivity index (χ3n) is 2.96. The molecule has 120 valence electrons. The number of carbonyl (C=O) groups is 1. The summed E-state index contributed by atoms with van der Waals surface area (Å²) in [6.45, 7) is 1.52. The molecule has 0 fully saturated rings. The van der Waals surface area contributed by atoms with E-state index in [1.54, 1.807) is 6.92 Å². The van der Waals surface area contributed by atoms with E-state index < -0.39 is 10.8 Å². The number of amides is 1. The quantitative estimate of drug-likeness (QED) is 0.310. The highest BCUT2D eigenvalue weighted by molar-refractivity contribution is 5.95. The summed E-state index contributed by atoms with van der Waals surface area (Å²) in [6.07, 6.45) is 0. The molecule has 0 saturated heterocycles. The third-order valence-corrected chi connectivity index (χ3v) is 2.96. The van der Waals surface area contributed by atoms with Crippen LogP contribution in [-0.2, 0) is 6.61 Å². The van der Waals surface area contributed by atoms with Crippen LogP contribution in [0.1, 0.15) is 21.7 Å². The van der Waals surface area contributed by atoms with Crippen LogP contribution in [0, 0.1) is 17.0 Å². The minimum Gasteiger partial charge on any atom is -0.487 e. The fourth-order valence-corrected chi connectivity index (χ4v) is 1.94. The van der Waals surface area contributed by atoms with Gasteiger partial charge in [-0.25, -0.2) is 15.8 Å². The van der Waals surface area contributed by atoms with Gasteiger partial charge in [-0.15, -0.1) is 0 Å². The summed E-state index contributed by atoms with van der Waals surface area (Å²) in [5.74, 6) is 4.95. The van der Waals surface area contributed by atoms with Crippen LogP contribution in [0.3, 0.4) is 0 Å². The van der Waals surface area contributed by atoms with Gasteiger partial charge in [0.1, 0.15) is 12.4 Å². The van der Waals surface area contributed by atoms with Crippen molar-refractivity contribution in [2.45, 2.75) is 13.5 Å². The minimum absolute atomic E-state index is 0.00151. The van der Waals surface area contributed by atoms with E-state index in [1.165, 1.54) is 24.3 Å². The molecule has 0 aliphatic rings. The predicted molar refractivity (Wildman–Crippen MR) is 80.3 cm³/mol.